The van der Waals surface area contributed by atoms with E-state index in [9.17, 15) is 13.2 Å². The Morgan fingerprint density at radius 2 is 1.73 bits per heavy atom. The number of piperazine rings is 1. The first-order valence-corrected chi connectivity index (χ1v) is 10.1. The summed E-state index contributed by atoms with van der Waals surface area (Å²) >= 11 is 0. The molecule has 0 radical (unpaired) electrons. The molecule has 1 amide bonds. The summed E-state index contributed by atoms with van der Waals surface area (Å²) in [5, 5.41) is 0. The van der Waals surface area contributed by atoms with Gasteiger partial charge in [0.1, 0.15) is 6.04 Å². The van der Waals surface area contributed by atoms with Crippen LogP contribution in [0, 0.1) is 0 Å². The van der Waals surface area contributed by atoms with Gasteiger partial charge < -0.3 is 15.4 Å². The number of ether oxygens (including phenoxy) is 1. The molecule has 148 valence electrons. The maximum Gasteiger partial charge on any atom is 0.244 e. The highest BCUT2D eigenvalue weighted by atomic mass is 35.5. The van der Waals surface area contributed by atoms with Crippen LogP contribution in [0.1, 0.15) is 25.5 Å². The van der Waals surface area contributed by atoms with Gasteiger partial charge >= 0.3 is 0 Å². The van der Waals surface area contributed by atoms with Crippen LogP contribution in [0.15, 0.2) is 30.3 Å². The lowest BCUT2D eigenvalue weighted by Gasteiger charge is -2.35. The predicted octanol–water partition coefficient (Wildman–Crippen LogP) is 1.01. The highest BCUT2D eigenvalue weighted by Gasteiger charge is 2.30. The molecule has 0 bridgehead atoms. The molecule has 1 aliphatic rings. The summed E-state index contributed by atoms with van der Waals surface area (Å²) in [6.07, 6.45) is 0.00384. The van der Waals surface area contributed by atoms with Gasteiger partial charge in [-0.3, -0.25) is 4.79 Å². The molecule has 9 heteroatoms. The van der Waals surface area contributed by atoms with Crippen LogP contribution in [0.25, 0.3) is 0 Å². The van der Waals surface area contributed by atoms with Gasteiger partial charge in [0.15, 0.2) is 0 Å². The van der Waals surface area contributed by atoms with Gasteiger partial charge in [0.2, 0.25) is 15.9 Å². The van der Waals surface area contributed by atoms with E-state index in [4.69, 9.17) is 10.5 Å². The van der Waals surface area contributed by atoms with Crippen LogP contribution in [0.4, 0.5) is 0 Å². The molecule has 1 unspecified atom stereocenters. The molecule has 1 heterocycles. The van der Waals surface area contributed by atoms with Crippen molar-refractivity contribution in [3.63, 3.8) is 0 Å². The Hall–Kier alpha value is -1.19. The zero-order chi connectivity index (χ0) is 18.4. The average Bonchev–Trinajstić information content (AvgIpc) is 2.61. The second-order valence-corrected chi connectivity index (χ2v) is 8.44. The summed E-state index contributed by atoms with van der Waals surface area (Å²) in [4.78, 5) is 14.1. The minimum absolute atomic E-state index is 0. The van der Waals surface area contributed by atoms with Crippen LogP contribution in [0.2, 0.25) is 0 Å². The van der Waals surface area contributed by atoms with Crippen molar-refractivity contribution in [1.82, 2.24) is 9.21 Å². The summed E-state index contributed by atoms with van der Waals surface area (Å²) < 4.78 is 31.4. The standard InChI is InChI=1S/C17H27N3O4S.ClH/c1-14(2)24-12-13-25(22,23)20-10-8-19(9-11-20)17(21)16(18)15-6-4-3-5-7-15;/h3-7,14,16H,8-13,18H2,1-2H3;1H. The number of nitrogens with zero attached hydrogens (tertiary/aromatic N) is 2. The number of hydrogen-bond acceptors (Lipinski definition) is 5. The molecule has 1 aromatic rings. The van der Waals surface area contributed by atoms with E-state index in [1.54, 1.807) is 4.90 Å². The van der Waals surface area contributed by atoms with E-state index in [1.165, 1.54) is 4.31 Å². The van der Waals surface area contributed by atoms with E-state index in [0.29, 0.717) is 13.1 Å². The highest BCUT2D eigenvalue weighted by molar-refractivity contribution is 7.89. The lowest BCUT2D eigenvalue weighted by molar-refractivity contribution is -0.133. The van der Waals surface area contributed by atoms with E-state index in [2.05, 4.69) is 0 Å². The van der Waals surface area contributed by atoms with Crippen molar-refractivity contribution in [2.45, 2.75) is 26.0 Å². The number of rotatable bonds is 7. The summed E-state index contributed by atoms with van der Waals surface area (Å²) in [5.41, 5.74) is 6.80. The SMILES string of the molecule is CC(C)OCCS(=O)(=O)N1CCN(C(=O)C(N)c2ccccc2)CC1.Cl. The van der Waals surface area contributed by atoms with Crippen molar-refractivity contribution in [1.29, 1.82) is 0 Å². The molecule has 2 rings (SSSR count). The first-order valence-electron chi connectivity index (χ1n) is 8.50. The Balaban J connectivity index is 0.00000338. The third kappa shape index (κ3) is 6.21. The Labute approximate surface area is 161 Å². The number of carbonyl (C=O) groups excluding carboxylic acids is 1. The number of halogens is 1. The molecule has 1 aliphatic heterocycles. The normalized spacial score (nSPS) is 17.0. The monoisotopic (exact) mass is 405 g/mol. The van der Waals surface area contributed by atoms with Crippen molar-refractivity contribution in [3.05, 3.63) is 35.9 Å². The molecular formula is C17H28ClN3O4S. The van der Waals surface area contributed by atoms with Crippen LogP contribution < -0.4 is 5.73 Å². The van der Waals surface area contributed by atoms with Crippen LogP contribution in [0.3, 0.4) is 0 Å². The first-order chi connectivity index (χ1) is 11.8. The number of hydrogen-bond donors (Lipinski definition) is 1. The van der Waals surface area contributed by atoms with E-state index in [0.717, 1.165) is 5.56 Å². The van der Waals surface area contributed by atoms with Gasteiger partial charge in [-0.2, -0.15) is 4.31 Å². The van der Waals surface area contributed by atoms with E-state index in [-0.39, 0.29) is 49.9 Å². The molecule has 26 heavy (non-hydrogen) atoms. The maximum absolute atomic E-state index is 12.5. The number of nitrogens with two attached hydrogens (primary N) is 1. The second-order valence-electron chi connectivity index (χ2n) is 6.35. The highest BCUT2D eigenvalue weighted by Crippen LogP contribution is 2.16. The summed E-state index contributed by atoms with van der Waals surface area (Å²) in [7, 11) is -3.36. The quantitative estimate of drug-likeness (QED) is 0.730. The molecule has 1 atom stereocenters. The summed E-state index contributed by atoms with van der Waals surface area (Å²) in [6, 6.07) is 8.46. The van der Waals surface area contributed by atoms with Crippen molar-refractivity contribution in [2.75, 3.05) is 38.5 Å². The molecule has 0 saturated carbocycles. The molecule has 0 spiro atoms. The molecule has 7 nitrogen and oxygen atoms in total. The fraction of sp³-hybridized carbons (Fsp3) is 0.588. The average molecular weight is 406 g/mol. The van der Waals surface area contributed by atoms with Crippen LogP contribution >= 0.6 is 12.4 Å². The van der Waals surface area contributed by atoms with Crippen LogP contribution in [0.5, 0.6) is 0 Å². The van der Waals surface area contributed by atoms with Gasteiger partial charge in [0.05, 0.1) is 18.5 Å². The summed E-state index contributed by atoms with van der Waals surface area (Å²) in [5.74, 6) is -0.214. The fourth-order valence-electron chi connectivity index (χ4n) is 2.70. The third-order valence-corrected chi connectivity index (χ3v) is 6.00. The Bertz CT molecular complexity index is 662. The lowest BCUT2D eigenvalue weighted by atomic mass is 10.1. The molecule has 0 aliphatic carbocycles. The Morgan fingerprint density at radius 1 is 1.15 bits per heavy atom. The fourth-order valence-corrected chi connectivity index (χ4v) is 3.99. The van der Waals surface area contributed by atoms with E-state index >= 15 is 0 Å². The van der Waals surface area contributed by atoms with Gasteiger partial charge in [0, 0.05) is 26.2 Å². The van der Waals surface area contributed by atoms with E-state index < -0.39 is 16.1 Å². The lowest BCUT2D eigenvalue weighted by Crippen LogP contribution is -2.53. The van der Waals surface area contributed by atoms with Gasteiger partial charge in [-0.05, 0) is 19.4 Å². The zero-order valence-corrected chi connectivity index (χ0v) is 16.8. The van der Waals surface area contributed by atoms with Crippen LogP contribution in [-0.2, 0) is 19.6 Å². The van der Waals surface area contributed by atoms with Gasteiger partial charge in [-0.25, -0.2) is 8.42 Å². The van der Waals surface area contributed by atoms with Crippen molar-refractivity contribution < 1.29 is 17.9 Å². The predicted molar refractivity (Wildman–Crippen MR) is 104 cm³/mol. The molecular weight excluding hydrogens is 378 g/mol. The van der Waals surface area contributed by atoms with Gasteiger partial charge in [-0.15, -0.1) is 12.4 Å². The van der Waals surface area contributed by atoms with E-state index in [1.807, 2.05) is 44.2 Å². The van der Waals surface area contributed by atoms with Gasteiger partial charge in [0.25, 0.3) is 0 Å². The van der Waals surface area contributed by atoms with Gasteiger partial charge in [-0.1, -0.05) is 30.3 Å². The van der Waals surface area contributed by atoms with Crippen molar-refractivity contribution in [3.8, 4) is 0 Å². The minimum atomic E-state index is -3.36. The third-order valence-electron chi connectivity index (χ3n) is 4.16. The maximum atomic E-state index is 12.5. The minimum Gasteiger partial charge on any atom is -0.378 e. The topological polar surface area (TPSA) is 92.9 Å². The molecule has 1 fully saturated rings. The molecule has 2 N–H and O–H groups in total. The van der Waals surface area contributed by atoms with Crippen LogP contribution in [-0.4, -0.2) is 68.2 Å². The second kappa shape index (κ2) is 10.2. The first kappa shape index (κ1) is 22.9. The van der Waals surface area contributed by atoms with Crippen molar-refractivity contribution in [2.24, 2.45) is 5.73 Å². The molecule has 0 aromatic heterocycles. The smallest absolute Gasteiger partial charge is 0.244 e. The molecule has 1 aromatic carbocycles. The number of benzene rings is 1. The number of amides is 1. The van der Waals surface area contributed by atoms with Crippen molar-refractivity contribution >= 4 is 28.3 Å². The zero-order valence-electron chi connectivity index (χ0n) is 15.2. The largest absolute Gasteiger partial charge is 0.378 e. The number of sulfonamides is 1. The number of carbonyl (C=O) groups is 1. The Kier molecular flexibility index (Phi) is 8.99. The molecule has 1 saturated heterocycles. The summed E-state index contributed by atoms with van der Waals surface area (Å²) in [6.45, 7) is 5.19. The Morgan fingerprint density at radius 3 is 2.27 bits per heavy atom.